The predicted octanol–water partition coefficient (Wildman–Crippen LogP) is 5.70. The van der Waals surface area contributed by atoms with Gasteiger partial charge in [0.2, 0.25) is 0 Å². The first kappa shape index (κ1) is 15.2. The van der Waals surface area contributed by atoms with Gasteiger partial charge in [-0.25, -0.2) is 0 Å². The lowest BCUT2D eigenvalue weighted by atomic mass is 9.69. The van der Waals surface area contributed by atoms with E-state index < -0.39 is 0 Å². The number of hydrogen-bond acceptors (Lipinski definition) is 1. The van der Waals surface area contributed by atoms with Crippen LogP contribution in [0.15, 0.2) is 30.8 Å². The molecule has 0 aliphatic heterocycles. The molecular formula is C19H28O. The molecule has 1 fully saturated rings. The Morgan fingerprint density at radius 3 is 2.15 bits per heavy atom. The summed E-state index contributed by atoms with van der Waals surface area (Å²) in [5.74, 6) is 1.80. The van der Waals surface area contributed by atoms with Crippen LogP contribution in [0.2, 0.25) is 0 Å². The second-order valence-electron chi connectivity index (χ2n) is 7.47. The largest absolute Gasteiger partial charge is 0.488 e. The van der Waals surface area contributed by atoms with Crippen molar-refractivity contribution < 1.29 is 4.74 Å². The molecule has 2 rings (SSSR count). The van der Waals surface area contributed by atoms with E-state index >= 15 is 0 Å². The van der Waals surface area contributed by atoms with Crippen molar-refractivity contribution in [3.8, 4) is 5.75 Å². The van der Waals surface area contributed by atoms with Crippen molar-refractivity contribution >= 4 is 6.08 Å². The van der Waals surface area contributed by atoms with Crippen molar-refractivity contribution in [2.45, 2.75) is 59.0 Å². The highest BCUT2D eigenvalue weighted by molar-refractivity contribution is 5.48. The van der Waals surface area contributed by atoms with E-state index in [1.54, 1.807) is 0 Å². The van der Waals surface area contributed by atoms with E-state index in [-0.39, 0.29) is 5.60 Å². The zero-order valence-corrected chi connectivity index (χ0v) is 13.4. The van der Waals surface area contributed by atoms with Gasteiger partial charge in [-0.2, -0.15) is 0 Å². The van der Waals surface area contributed by atoms with E-state index in [1.807, 2.05) is 6.08 Å². The Labute approximate surface area is 124 Å². The van der Waals surface area contributed by atoms with Gasteiger partial charge < -0.3 is 4.74 Å². The standard InChI is InChI=1S/C19H28O/c1-6-15-7-9-17(10-8-15)20-19(5)13-11-16(12-14-19)18(2,3)4/h6-10,16H,1,11-14H2,2-5H3. The summed E-state index contributed by atoms with van der Waals surface area (Å²) in [6, 6.07) is 8.23. The van der Waals surface area contributed by atoms with Crippen LogP contribution in [0.1, 0.15) is 58.9 Å². The molecule has 110 valence electrons. The number of hydrogen-bond donors (Lipinski definition) is 0. The summed E-state index contributed by atoms with van der Waals surface area (Å²) in [4.78, 5) is 0. The zero-order chi connectivity index (χ0) is 14.8. The van der Waals surface area contributed by atoms with Crippen LogP contribution in [0.3, 0.4) is 0 Å². The maximum atomic E-state index is 6.27. The molecule has 20 heavy (non-hydrogen) atoms. The molecule has 1 heteroatoms. The zero-order valence-electron chi connectivity index (χ0n) is 13.4. The van der Waals surface area contributed by atoms with Crippen LogP contribution in [0.4, 0.5) is 0 Å². The highest BCUT2D eigenvalue weighted by atomic mass is 16.5. The maximum absolute atomic E-state index is 6.27. The van der Waals surface area contributed by atoms with E-state index in [0.29, 0.717) is 5.41 Å². The topological polar surface area (TPSA) is 9.23 Å². The average molecular weight is 272 g/mol. The van der Waals surface area contributed by atoms with E-state index in [9.17, 15) is 0 Å². The molecule has 0 aromatic heterocycles. The molecule has 0 atom stereocenters. The van der Waals surface area contributed by atoms with Gasteiger partial charge in [0.25, 0.3) is 0 Å². The summed E-state index contributed by atoms with van der Waals surface area (Å²) < 4.78 is 6.27. The second kappa shape index (κ2) is 5.63. The molecule has 0 radical (unpaired) electrons. The van der Waals surface area contributed by atoms with Gasteiger partial charge in [0, 0.05) is 0 Å². The summed E-state index contributed by atoms with van der Waals surface area (Å²) in [5, 5.41) is 0. The third-order valence-electron chi connectivity index (χ3n) is 4.75. The molecule has 1 nitrogen and oxygen atoms in total. The van der Waals surface area contributed by atoms with E-state index in [0.717, 1.165) is 30.1 Å². The molecule has 1 saturated carbocycles. The van der Waals surface area contributed by atoms with Gasteiger partial charge in [0.05, 0.1) is 0 Å². The highest BCUT2D eigenvalue weighted by Crippen LogP contribution is 2.42. The Kier molecular flexibility index (Phi) is 4.27. The van der Waals surface area contributed by atoms with Gasteiger partial charge in [0.1, 0.15) is 11.4 Å². The molecule has 0 unspecified atom stereocenters. The first-order valence-corrected chi connectivity index (χ1v) is 7.74. The third kappa shape index (κ3) is 3.65. The molecule has 1 aliphatic carbocycles. The molecule has 0 saturated heterocycles. The van der Waals surface area contributed by atoms with Crippen molar-refractivity contribution in [1.82, 2.24) is 0 Å². The van der Waals surface area contributed by atoms with Gasteiger partial charge in [-0.3, -0.25) is 0 Å². The molecule has 0 spiro atoms. The third-order valence-corrected chi connectivity index (χ3v) is 4.75. The Bertz CT molecular complexity index is 442. The van der Waals surface area contributed by atoms with Gasteiger partial charge in [-0.05, 0) is 61.6 Å². The van der Waals surface area contributed by atoms with Crippen LogP contribution >= 0.6 is 0 Å². The van der Waals surface area contributed by atoms with Crippen LogP contribution < -0.4 is 4.74 Å². The van der Waals surface area contributed by atoms with Crippen molar-refractivity contribution in [3.05, 3.63) is 36.4 Å². The smallest absolute Gasteiger partial charge is 0.120 e. The summed E-state index contributed by atoms with van der Waals surface area (Å²) in [7, 11) is 0. The minimum Gasteiger partial charge on any atom is -0.488 e. The Hall–Kier alpha value is -1.24. The molecule has 0 N–H and O–H groups in total. The lowest BCUT2D eigenvalue weighted by Gasteiger charge is -2.42. The van der Waals surface area contributed by atoms with E-state index in [2.05, 4.69) is 58.5 Å². The van der Waals surface area contributed by atoms with E-state index in [1.165, 1.54) is 12.8 Å². The first-order chi connectivity index (χ1) is 9.32. The number of rotatable bonds is 3. The summed E-state index contributed by atoms with van der Waals surface area (Å²) in [5.41, 5.74) is 1.56. The van der Waals surface area contributed by atoms with Gasteiger partial charge in [-0.15, -0.1) is 0 Å². The summed E-state index contributed by atoms with van der Waals surface area (Å²) >= 11 is 0. The average Bonchev–Trinajstić information content (AvgIpc) is 2.38. The minimum absolute atomic E-state index is 0.00253. The highest BCUT2D eigenvalue weighted by Gasteiger charge is 2.37. The van der Waals surface area contributed by atoms with Crippen molar-refractivity contribution in [2.75, 3.05) is 0 Å². The van der Waals surface area contributed by atoms with Crippen LogP contribution in [-0.4, -0.2) is 5.60 Å². The minimum atomic E-state index is -0.00253. The molecule has 1 aromatic rings. The fraction of sp³-hybridized carbons (Fsp3) is 0.579. The van der Waals surface area contributed by atoms with E-state index in [4.69, 9.17) is 4.74 Å². The van der Waals surface area contributed by atoms with Crippen LogP contribution in [0.25, 0.3) is 6.08 Å². The Balaban J connectivity index is 1.97. The second-order valence-corrected chi connectivity index (χ2v) is 7.47. The summed E-state index contributed by atoms with van der Waals surface area (Å²) in [6.45, 7) is 13.1. The molecular weight excluding hydrogens is 244 g/mol. The molecule has 0 bridgehead atoms. The van der Waals surface area contributed by atoms with Crippen molar-refractivity contribution in [1.29, 1.82) is 0 Å². The normalized spacial score (nSPS) is 27.1. The van der Waals surface area contributed by atoms with Gasteiger partial charge in [0.15, 0.2) is 0 Å². The molecule has 0 heterocycles. The summed E-state index contributed by atoms with van der Waals surface area (Å²) in [6.07, 6.45) is 6.70. The molecule has 1 aromatic carbocycles. The van der Waals surface area contributed by atoms with Crippen LogP contribution in [0.5, 0.6) is 5.75 Å². The molecule has 0 amide bonds. The SMILES string of the molecule is C=Cc1ccc(OC2(C)CCC(C(C)(C)C)CC2)cc1. The Morgan fingerprint density at radius 2 is 1.70 bits per heavy atom. The quantitative estimate of drug-likeness (QED) is 0.685. The molecule has 1 aliphatic rings. The monoisotopic (exact) mass is 272 g/mol. The van der Waals surface area contributed by atoms with Crippen LogP contribution in [-0.2, 0) is 0 Å². The first-order valence-electron chi connectivity index (χ1n) is 7.74. The number of ether oxygens (including phenoxy) is 1. The van der Waals surface area contributed by atoms with Crippen molar-refractivity contribution in [2.24, 2.45) is 11.3 Å². The Morgan fingerprint density at radius 1 is 1.15 bits per heavy atom. The lowest BCUT2D eigenvalue weighted by Crippen LogP contribution is -2.39. The number of benzene rings is 1. The fourth-order valence-electron chi connectivity index (χ4n) is 3.15. The van der Waals surface area contributed by atoms with Gasteiger partial charge in [-0.1, -0.05) is 45.6 Å². The lowest BCUT2D eigenvalue weighted by molar-refractivity contribution is 0.0113. The van der Waals surface area contributed by atoms with Crippen LogP contribution in [0, 0.1) is 11.3 Å². The van der Waals surface area contributed by atoms with Gasteiger partial charge >= 0.3 is 0 Å². The fourth-order valence-corrected chi connectivity index (χ4v) is 3.15. The van der Waals surface area contributed by atoms with Crippen molar-refractivity contribution in [3.63, 3.8) is 0 Å². The maximum Gasteiger partial charge on any atom is 0.120 e. The predicted molar refractivity (Wildman–Crippen MR) is 87.0 cm³/mol.